The largest absolute Gasteiger partial charge is 0.354 e. The zero-order valence-corrected chi connectivity index (χ0v) is 19.7. The fourth-order valence-electron chi connectivity index (χ4n) is 3.23. The topological polar surface area (TPSA) is 49.4 Å². The monoisotopic (exact) mass is 444 g/mol. The van der Waals surface area contributed by atoms with Crippen molar-refractivity contribution in [3.8, 4) is 0 Å². The molecular formula is C25H33FN2O2S. The molecule has 4 nitrogen and oxygen atoms in total. The molecule has 0 radical (unpaired) electrons. The predicted octanol–water partition coefficient (Wildman–Crippen LogP) is 4.95. The summed E-state index contributed by atoms with van der Waals surface area (Å²) in [4.78, 5) is 27.8. The molecule has 1 atom stereocenters. The van der Waals surface area contributed by atoms with Crippen LogP contribution >= 0.6 is 11.8 Å². The Bertz CT molecular complexity index is 855. The van der Waals surface area contributed by atoms with Crippen LogP contribution in [0.4, 0.5) is 4.39 Å². The Morgan fingerprint density at radius 3 is 2.39 bits per heavy atom. The summed E-state index contributed by atoms with van der Waals surface area (Å²) >= 11 is 1.48. The van der Waals surface area contributed by atoms with Crippen LogP contribution in [0.1, 0.15) is 43.9 Å². The summed E-state index contributed by atoms with van der Waals surface area (Å²) in [6.45, 7) is 9.02. The number of carbonyl (C=O) groups excluding carboxylic acids is 2. The first kappa shape index (κ1) is 24.9. The molecule has 0 saturated carbocycles. The van der Waals surface area contributed by atoms with E-state index in [1.54, 1.807) is 17.0 Å². The quantitative estimate of drug-likeness (QED) is 0.534. The second-order valence-corrected chi connectivity index (χ2v) is 9.12. The highest BCUT2D eigenvalue weighted by Crippen LogP contribution is 2.19. The van der Waals surface area contributed by atoms with E-state index >= 15 is 0 Å². The molecule has 1 N–H and O–H groups in total. The zero-order chi connectivity index (χ0) is 22.8. The molecule has 2 rings (SSSR count). The third-order valence-electron chi connectivity index (χ3n) is 5.08. The molecule has 0 bridgehead atoms. The number of rotatable bonds is 11. The molecule has 0 unspecified atom stereocenters. The number of nitrogens with one attached hydrogen (secondary N) is 1. The van der Waals surface area contributed by atoms with Crippen LogP contribution in [0.5, 0.6) is 0 Å². The van der Waals surface area contributed by atoms with Crippen molar-refractivity contribution in [2.75, 3.05) is 12.3 Å². The Hall–Kier alpha value is -2.34. The predicted molar refractivity (Wildman–Crippen MR) is 126 cm³/mol. The van der Waals surface area contributed by atoms with Crippen molar-refractivity contribution < 1.29 is 14.0 Å². The number of hydrogen-bond acceptors (Lipinski definition) is 3. The van der Waals surface area contributed by atoms with Gasteiger partial charge in [0.2, 0.25) is 11.8 Å². The summed E-state index contributed by atoms with van der Waals surface area (Å²) in [5, 5.41) is 2.98. The van der Waals surface area contributed by atoms with Crippen molar-refractivity contribution >= 4 is 23.6 Å². The van der Waals surface area contributed by atoms with Crippen LogP contribution in [-0.2, 0) is 21.9 Å². The van der Waals surface area contributed by atoms with Gasteiger partial charge >= 0.3 is 0 Å². The normalized spacial score (nSPS) is 11.9. The Labute approximate surface area is 189 Å². The van der Waals surface area contributed by atoms with Crippen molar-refractivity contribution in [3.05, 3.63) is 71.0 Å². The highest BCUT2D eigenvalue weighted by atomic mass is 32.2. The van der Waals surface area contributed by atoms with Crippen LogP contribution in [0.2, 0.25) is 0 Å². The summed E-state index contributed by atoms with van der Waals surface area (Å²) < 4.78 is 13.1. The number of thioether (sulfide) groups is 1. The van der Waals surface area contributed by atoms with E-state index in [0.29, 0.717) is 31.2 Å². The number of carbonyl (C=O) groups is 2. The average Bonchev–Trinajstić information content (AvgIpc) is 2.74. The number of aryl methyl sites for hydroxylation is 1. The molecule has 0 aromatic heterocycles. The van der Waals surface area contributed by atoms with Gasteiger partial charge in [0.25, 0.3) is 0 Å². The summed E-state index contributed by atoms with van der Waals surface area (Å²) in [6.07, 6.45) is 0.546. The maximum absolute atomic E-state index is 13.2. The summed E-state index contributed by atoms with van der Waals surface area (Å²) in [7, 11) is 0. The fraction of sp³-hybridized carbons (Fsp3) is 0.440. The molecule has 0 aliphatic rings. The van der Waals surface area contributed by atoms with Gasteiger partial charge in [-0.3, -0.25) is 9.59 Å². The van der Waals surface area contributed by atoms with Gasteiger partial charge in [-0.15, -0.1) is 11.8 Å². The number of benzene rings is 2. The van der Waals surface area contributed by atoms with E-state index in [4.69, 9.17) is 0 Å². The standard InChI is InChI=1S/C25H33FN2O2S/c1-5-23(25(30)27-14-18(2)3)28(15-21-9-7-6-8-19(21)4)24(29)17-31-16-20-10-12-22(26)13-11-20/h6-13,18,23H,5,14-17H2,1-4H3,(H,27,30)/t23-/m0/s1. The molecule has 0 heterocycles. The molecule has 0 saturated heterocycles. The lowest BCUT2D eigenvalue weighted by Crippen LogP contribution is -2.50. The Morgan fingerprint density at radius 1 is 1.10 bits per heavy atom. The molecule has 0 aliphatic heterocycles. The van der Waals surface area contributed by atoms with E-state index in [1.807, 2.05) is 52.0 Å². The van der Waals surface area contributed by atoms with Gasteiger partial charge in [-0.05, 0) is 48.1 Å². The summed E-state index contributed by atoms with van der Waals surface area (Å²) in [5.41, 5.74) is 3.09. The molecule has 0 fully saturated rings. The van der Waals surface area contributed by atoms with Crippen molar-refractivity contribution in [2.45, 2.75) is 52.5 Å². The van der Waals surface area contributed by atoms with E-state index in [0.717, 1.165) is 16.7 Å². The van der Waals surface area contributed by atoms with E-state index < -0.39 is 6.04 Å². The van der Waals surface area contributed by atoms with Crippen LogP contribution < -0.4 is 5.32 Å². The molecular weight excluding hydrogens is 411 g/mol. The van der Waals surface area contributed by atoms with E-state index in [1.165, 1.54) is 23.9 Å². The minimum atomic E-state index is -0.516. The Morgan fingerprint density at radius 2 is 1.77 bits per heavy atom. The third kappa shape index (κ3) is 8.02. The summed E-state index contributed by atoms with van der Waals surface area (Å²) in [6, 6.07) is 13.7. The number of halogens is 1. The minimum absolute atomic E-state index is 0.0677. The van der Waals surface area contributed by atoms with Crippen molar-refractivity contribution in [3.63, 3.8) is 0 Å². The lowest BCUT2D eigenvalue weighted by atomic mass is 10.1. The second-order valence-electron chi connectivity index (χ2n) is 8.13. The van der Waals surface area contributed by atoms with Gasteiger partial charge < -0.3 is 10.2 Å². The first-order valence-corrected chi connectivity index (χ1v) is 11.9. The highest BCUT2D eigenvalue weighted by Gasteiger charge is 2.28. The van der Waals surface area contributed by atoms with Crippen molar-refractivity contribution in [2.24, 2.45) is 5.92 Å². The van der Waals surface area contributed by atoms with Gasteiger partial charge in [-0.2, -0.15) is 0 Å². The van der Waals surface area contributed by atoms with Gasteiger partial charge in [0.15, 0.2) is 0 Å². The molecule has 6 heteroatoms. The van der Waals surface area contributed by atoms with Crippen LogP contribution in [0.3, 0.4) is 0 Å². The Balaban J connectivity index is 2.12. The second kappa shape index (κ2) is 12.5. The first-order valence-electron chi connectivity index (χ1n) is 10.8. The first-order chi connectivity index (χ1) is 14.8. The fourth-order valence-corrected chi connectivity index (χ4v) is 4.10. The van der Waals surface area contributed by atoms with Crippen LogP contribution in [0.15, 0.2) is 48.5 Å². The summed E-state index contributed by atoms with van der Waals surface area (Å²) in [5.74, 6) is 0.766. The zero-order valence-electron chi connectivity index (χ0n) is 18.9. The van der Waals surface area contributed by atoms with E-state index in [2.05, 4.69) is 5.32 Å². The maximum atomic E-state index is 13.2. The third-order valence-corrected chi connectivity index (χ3v) is 6.07. The van der Waals surface area contributed by atoms with E-state index in [-0.39, 0.29) is 23.4 Å². The van der Waals surface area contributed by atoms with Crippen molar-refractivity contribution in [1.29, 1.82) is 0 Å². The van der Waals surface area contributed by atoms with Gasteiger partial charge in [0, 0.05) is 18.8 Å². The Kier molecular flexibility index (Phi) is 10.0. The molecule has 168 valence electrons. The number of amides is 2. The number of hydrogen-bond donors (Lipinski definition) is 1. The molecule has 2 amide bonds. The SMILES string of the molecule is CC[C@@H](C(=O)NCC(C)C)N(Cc1ccccc1C)C(=O)CSCc1ccc(F)cc1. The minimum Gasteiger partial charge on any atom is -0.354 e. The van der Waals surface area contributed by atoms with Crippen molar-refractivity contribution in [1.82, 2.24) is 10.2 Å². The van der Waals surface area contributed by atoms with E-state index in [9.17, 15) is 14.0 Å². The van der Waals surface area contributed by atoms with Gasteiger partial charge in [0.1, 0.15) is 11.9 Å². The van der Waals surface area contributed by atoms with Crippen LogP contribution in [-0.4, -0.2) is 35.1 Å². The molecule has 0 aliphatic carbocycles. The van der Waals surface area contributed by atoms with Crippen LogP contribution in [0, 0.1) is 18.7 Å². The van der Waals surface area contributed by atoms with Gasteiger partial charge in [-0.25, -0.2) is 4.39 Å². The number of nitrogens with zero attached hydrogens (tertiary/aromatic N) is 1. The molecule has 31 heavy (non-hydrogen) atoms. The lowest BCUT2D eigenvalue weighted by molar-refractivity contribution is -0.139. The average molecular weight is 445 g/mol. The van der Waals surface area contributed by atoms with Crippen LogP contribution in [0.25, 0.3) is 0 Å². The maximum Gasteiger partial charge on any atom is 0.242 e. The highest BCUT2D eigenvalue weighted by molar-refractivity contribution is 7.99. The molecule has 0 spiro atoms. The molecule has 2 aromatic carbocycles. The lowest BCUT2D eigenvalue weighted by Gasteiger charge is -2.31. The smallest absolute Gasteiger partial charge is 0.242 e. The molecule has 2 aromatic rings. The van der Waals surface area contributed by atoms with Gasteiger partial charge in [-0.1, -0.05) is 57.2 Å². The van der Waals surface area contributed by atoms with Gasteiger partial charge in [0.05, 0.1) is 5.75 Å².